The maximum absolute atomic E-state index is 16.7. The number of nitrogens with zero attached hydrogens (tertiary/aromatic N) is 6. The summed E-state index contributed by atoms with van der Waals surface area (Å²) in [7, 11) is 4.03. The highest BCUT2D eigenvalue weighted by Crippen LogP contribution is 2.46. The summed E-state index contributed by atoms with van der Waals surface area (Å²) in [6.45, 7) is 6.80. The van der Waals surface area contributed by atoms with Crippen LogP contribution in [0.4, 0.5) is 24.5 Å². The number of pyridine rings is 1. The molecule has 0 unspecified atom stereocenters. The number of hydrogen-bond acceptors (Lipinski definition) is 10. The molecule has 3 aromatic heterocycles. The number of anilines is 2. The molecule has 218 valence electrons. The zero-order valence-electron chi connectivity index (χ0n) is 23.8. The van der Waals surface area contributed by atoms with Crippen LogP contribution >= 0.6 is 11.3 Å². The molecule has 0 spiro atoms. The van der Waals surface area contributed by atoms with Crippen molar-refractivity contribution in [1.29, 1.82) is 5.26 Å². The van der Waals surface area contributed by atoms with E-state index in [1.807, 2.05) is 19.0 Å². The van der Waals surface area contributed by atoms with Crippen molar-refractivity contribution >= 4 is 49.5 Å². The second-order valence-corrected chi connectivity index (χ2v) is 12.6. The smallest absolute Gasteiger partial charge is 0.412 e. The van der Waals surface area contributed by atoms with Crippen LogP contribution in [0.15, 0.2) is 12.4 Å². The van der Waals surface area contributed by atoms with Gasteiger partial charge in [0.25, 0.3) is 0 Å². The van der Waals surface area contributed by atoms with Gasteiger partial charge in [-0.15, -0.1) is 0 Å². The number of fused-ring (bicyclic) bond motifs is 4. The van der Waals surface area contributed by atoms with Crippen LogP contribution < -0.4 is 10.2 Å². The summed E-state index contributed by atoms with van der Waals surface area (Å²) in [5, 5.41) is 13.4. The molecule has 5 heterocycles. The van der Waals surface area contributed by atoms with Crippen LogP contribution in [0.5, 0.6) is 0 Å². The van der Waals surface area contributed by atoms with Gasteiger partial charge in [-0.05, 0) is 52.4 Å². The molecule has 1 atom stereocenters. The van der Waals surface area contributed by atoms with Crippen LogP contribution in [-0.2, 0) is 22.7 Å². The van der Waals surface area contributed by atoms with Crippen molar-refractivity contribution in [3.05, 3.63) is 40.7 Å². The number of likely N-dealkylation sites (N-methyl/N-ethyl adjacent to an activating group) is 1. The summed E-state index contributed by atoms with van der Waals surface area (Å²) >= 11 is 0.983. The van der Waals surface area contributed by atoms with Gasteiger partial charge in [-0.3, -0.25) is 5.32 Å². The highest BCUT2D eigenvalue weighted by molar-refractivity contribution is 7.23. The van der Waals surface area contributed by atoms with E-state index in [0.717, 1.165) is 30.5 Å². The van der Waals surface area contributed by atoms with Gasteiger partial charge >= 0.3 is 6.09 Å². The van der Waals surface area contributed by atoms with Gasteiger partial charge in [0.2, 0.25) is 5.95 Å². The van der Waals surface area contributed by atoms with Crippen molar-refractivity contribution in [1.82, 2.24) is 19.9 Å². The van der Waals surface area contributed by atoms with Gasteiger partial charge in [-0.2, -0.15) is 5.26 Å². The van der Waals surface area contributed by atoms with Crippen molar-refractivity contribution in [3.8, 4) is 17.2 Å². The highest BCUT2D eigenvalue weighted by Gasteiger charge is 2.32. The van der Waals surface area contributed by atoms with Crippen molar-refractivity contribution in [2.45, 2.75) is 52.0 Å². The molecule has 1 saturated heterocycles. The monoisotopic (exact) mass is 593 g/mol. The van der Waals surface area contributed by atoms with Gasteiger partial charge in [-0.1, -0.05) is 11.3 Å². The SMILES string of the molecule is CN(C)[C@H]1CCN(c2ncc3c4c(c(-c5c(F)cnc6sc(NC(=O)OC(C)(C)C)c(C#N)c56)c(F)c3n2)COC4)C1. The van der Waals surface area contributed by atoms with E-state index in [2.05, 4.69) is 31.2 Å². The number of thiophene rings is 1. The summed E-state index contributed by atoms with van der Waals surface area (Å²) in [5.74, 6) is -1.15. The van der Waals surface area contributed by atoms with Crippen LogP contribution in [0, 0.1) is 23.0 Å². The molecule has 13 heteroatoms. The van der Waals surface area contributed by atoms with Crippen molar-refractivity contribution < 1.29 is 23.0 Å². The molecule has 6 rings (SSSR count). The number of carbonyl (C=O) groups is 1. The summed E-state index contributed by atoms with van der Waals surface area (Å²) in [6, 6.07) is 2.37. The highest BCUT2D eigenvalue weighted by atomic mass is 32.1. The van der Waals surface area contributed by atoms with Gasteiger partial charge in [0.15, 0.2) is 5.82 Å². The summed E-state index contributed by atoms with van der Waals surface area (Å²) in [6.07, 6.45) is 2.75. The predicted molar refractivity (Wildman–Crippen MR) is 155 cm³/mol. The summed E-state index contributed by atoms with van der Waals surface area (Å²) in [4.78, 5) is 30.3. The maximum atomic E-state index is 16.7. The van der Waals surface area contributed by atoms with E-state index in [1.54, 1.807) is 27.0 Å². The van der Waals surface area contributed by atoms with E-state index in [0.29, 0.717) is 35.0 Å². The number of amides is 1. The average molecular weight is 594 g/mol. The molecule has 0 bridgehead atoms. The Morgan fingerprint density at radius 3 is 2.67 bits per heavy atom. The molecule has 0 saturated carbocycles. The van der Waals surface area contributed by atoms with Gasteiger partial charge in [0.05, 0.1) is 25.0 Å². The number of hydrogen-bond donors (Lipinski definition) is 1. The fraction of sp³-hybridized carbons (Fsp3) is 0.414. The minimum atomic E-state index is -0.810. The molecule has 1 aromatic carbocycles. The Hall–Kier alpha value is -3.99. The first-order chi connectivity index (χ1) is 20.0. The van der Waals surface area contributed by atoms with Gasteiger partial charge in [0, 0.05) is 47.2 Å². The number of benzene rings is 1. The van der Waals surface area contributed by atoms with Gasteiger partial charge < -0.3 is 19.3 Å². The first-order valence-corrected chi connectivity index (χ1v) is 14.3. The Morgan fingerprint density at radius 2 is 1.98 bits per heavy atom. The summed E-state index contributed by atoms with van der Waals surface area (Å²) in [5.41, 5.74) is 0.221. The number of rotatable bonds is 4. The number of ether oxygens (including phenoxy) is 2. The van der Waals surface area contributed by atoms with E-state index in [9.17, 15) is 10.1 Å². The third kappa shape index (κ3) is 4.79. The number of halogens is 2. The predicted octanol–water partition coefficient (Wildman–Crippen LogP) is 5.57. The molecule has 42 heavy (non-hydrogen) atoms. The number of aromatic nitrogens is 3. The molecule has 0 aliphatic carbocycles. The lowest BCUT2D eigenvalue weighted by atomic mass is 9.91. The Labute approximate surface area is 244 Å². The minimum Gasteiger partial charge on any atom is -0.444 e. The standard InChI is InChI=1S/C29H29F2N7O3S/c1-29(2,3)41-28(39)36-25-15(8-32)21-22(19(30)10-33-26(21)42-25)20-18-13-40-12-17(18)16-9-34-27(35-24(16)23(20)31)38-7-6-14(11-38)37(4)5/h9-10,14H,6-7,11-13H2,1-5H3,(H,36,39)/t14-/m0/s1. The normalized spacial score (nSPS) is 16.8. The third-order valence-electron chi connectivity index (χ3n) is 7.51. The van der Waals surface area contributed by atoms with Crippen LogP contribution in [0.1, 0.15) is 43.9 Å². The minimum absolute atomic E-state index is 0.0322. The molecule has 4 aromatic rings. The first kappa shape index (κ1) is 28.1. The van der Waals surface area contributed by atoms with Crippen molar-refractivity contribution in [2.24, 2.45) is 0 Å². The number of carbonyl (C=O) groups excluding carboxylic acids is 1. The second-order valence-electron chi connectivity index (χ2n) is 11.6. The lowest BCUT2D eigenvalue weighted by molar-refractivity contribution is 0.0636. The van der Waals surface area contributed by atoms with E-state index >= 15 is 8.78 Å². The zero-order chi connectivity index (χ0) is 29.9. The molecular formula is C29H29F2N7O3S. The van der Waals surface area contributed by atoms with Crippen LogP contribution in [0.2, 0.25) is 0 Å². The Balaban J connectivity index is 1.54. The van der Waals surface area contributed by atoms with Crippen molar-refractivity contribution in [2.75, 3.05) is 37.4 Å². The fourth-order valence-electron chi connectivity index (χ4n) is 5.54. The van der Waals surface area contributed by atoms with E-state index in [4.69, 9.17) is 9.47 Å². The third-order valence-corrected chi connectivity index (χ3v) is 8.53. The molecule has 10 nitrogen and oxygen atoms in total. The maximum Gasteiger partial charge on any atom is 0.412 e. The lowest BCUT2D eigenvalue weighted by Gasteiger charge is -2.21. The molecule has 1 N–H and O–H groups in total. The molecular weight excluding hydrogens is 564 g/mol. The van der Waals surface area contributed by atoms with E-state index < -0.39 is 23.3 Å². The average Bonchev–Trinajstić information content (AvgIpc) is 3.67. The topological polar surface area (TPSA) is 116 Å². The molecule has 1 amide bonds. The Morgan fingerprint density at radius 1 is 1.21 bits per heavy atom. The molecule has 2 aliphatic heterocycles. The summed E-state index contributed by atoms with van der Waals surface area (Å²) < 4.78 is 43.5. The largest absolute Gasteiger partial charge is 0.444 e. The Kier molecular flexibility index (Phi) is 6.95. The van der Waals surface area contributed by atoms with Crippen LogP contribution in [0.25, 0.3) is 32.2 Å². The first-order valence-electron chi connectivity index (χ1n) is 13.5. The molecule has 0 radical (unpaired) electrons. The Bertz CT molecular complexity index is 1790. The molecule has 2 aliphatic rings. The van der Waals surface area contributed by atoms with Gasteiger partial charge in [0.1, 0.15) is 32.8 Å². The number of nitrogens with one attached hydrogen (secondary N) is 1. The van der Waals surface area contributed by atoms with Crippen molar-refractivity contribution in [3.63, 3.8) is 0 Å². The second kappa shape index (κ2) is 10.4. The van der Waals surface area contributed by atoms with Gasteiger partial charge in [-0.25, -0.2) is 28.5 Å². The zero-order valence-corrected chi connectivity index (χ0v) is 24.7. The van der Waals surface area contributed by atoms with E-state index in [1.165, 1.54) is 0 Å². The van der Waals surface area contributed by atoms with Crippen LogP contribution in [0.3, 0.4) is 0 Å². The molecule has 1 fully saturated rings. The van der Waals surface area contributed by atoms with E-state index in [-0.39, 0.29) is 50.6 Å². The number of nitriles is 1. The fourth-order valence-corrected chi connectivity index (χ4v) is 6.53. The quantitative estimate of drug-likeness (QED) is 0.324. The lowest BCUT2D eigenvalue weighted by Crippen LogP contribution is -2.32. The van der Waals surface area contributed by atoms with Crippen LogP contribution in [-0.4, -0.2) is 64.8 Å².